The van der Waals surface area contributed by atoms with Crippen molar-refractivity contribution in [3.05, 3.63) is 34.9 Å². The Morgan fingerprint density at radius 3 is 2.42 bits per heavy atom. The first kappa shape index (κ1) is 13.1. The Balaban J connectivity index is 1.85. The van der Waals surface area contributed by atoms with Crippen LogP contribution in [0.1, 0.15) is 62.6 Å². The predicted octanol–water partition coefficient (Wildman–Crippen LogP) is 3.53. The van der Waals surface area contributed by atoms with Gasteiger partial charge in [0.25, 0.3) is 0 Å². The summed E-state index contributed by atoms with van der Waals surface area (Å²) >= 11 is 0. The van der Waals surface area contributed by atoms with E-state index in [0.29, 0.717) is 6.04 Å². The summed E-state index contributed by atoms with van der Waals surface area (Å²) < 4.78 is 0. The molecule has 0 bridgehead atoms. The van der Waals surface area contributed by atoms with E-state index in [0.717, 1.165) is 25.9 Å². The summed E-state index contributed by atoms with van der Waals surface area (Å²) in [6, 6.07) is 7.62. The third-order valence-corrected chi connectivity index (χ3v) is 5.00. The zero-order valence-electron chi connectivity index (χ0n) is 12.3. The minimum Gasteiger partial charge on any atom is -0.321 e. The number of nitrogens with two attached hydrogens (primary N) is 1. The van der Waals surface area contributed by atoms with Crippen molar-refractivity contribution in [3.8, 4) is 0 Å². The van der Waals surface area contributed by atoms with Crippen molar-refractivity contribution in [2.24, 2.45) is 5.73 Å². The van der Waals surface area contributed by atoms with Gasteiger partial charge < -0.3 is 5.73 Å². The molecule has 2 N–H and O–H groups in total. The Labute approximate surface area is 117 Å². The monoisotopic (exact) mass is 258 g/mol. The molecule has 2 heteroatoms. The lowest BCUT2D eigenvalue weighted by atomic mass is 9.77. The van der Waals surface area contributed by atoms with Gasteiger partial charge in [-0.25, -0.2) is 0 Å². The zero-order valence-corrected chi connectivity index (χ0v) is 12.3. The maximum atomic E-state index is 6.66. The van der Waals surface area contributed by atoms with E-state index in [-0.39, 0.29) is 5.54 Å². The van der Waals surface area contributed by atoms with Crippen molar-refractivity contribution in [1.29, 1.82) is 0 Å². The van der Waals surface area contributed by atoms with Gasteiger partial charge in [-0.1, -0.05) is 37.5 Å². The van der Waals surface area contributed by atoms with Crippen LogP contribution in [0.3, 0.4) is 0 Å². The van der Waals surface area contributed by atoms with E-state index in [4.69, 9.17) is 5.73 Å². The largest absolute Gasteiger partial charge is 0.321 e. The molecule has 0 unspecified atom stereocenters. The Morgan fingerprint density at radius 1 is 1.05 bits per heavy atom. The molecule has 1 aliphatic carbocycles. The van der Waals surface area contributed by atoms with Crippen molar-refractivity contribution in [2.75, 3.05) is 0 Å². The van der Waals surface area contributed by atoms with E-state index >= 15 is 0 Å². The smallest absolute Gasteiger partial charge is 0.0409 e. The molecule has 0 atom stereocenters. The van der Waals surface area contributed by atoms with Crippen LogP contribution < -0.4 is 5.73 Å². The highest BCUT2D eigenvalue weighted by atomic mass is 15.2. The fourth-order valence-corrected chi connectivity index (χ4v) is 3.57. The number of nitrogens with zero attached hydrogens (tertiary/aromatic N) is 1. The standard InChI is InChI=1S/C17H26N2/c1-13(2)19-11-14-6-7-16(10-15(14)12-19)17(18)8-4-3-5-9-17/h6-7,10,13H,3-5,8-9,11-12,18H2,1-2H3. The zero-order chi connectivity index (χ0) is 13.5. The van der Waals surface area contributed by atoms with Gasteiger partial charge in [-0.15, -0.1) is 0 Å². The lowest BCUT2D eigenvalue weighted by molar-refractivity contribution is 0.227. The van der Waals surface area contributed by atoms with Gasteiger partial charge in [-0.2, -0.15) is 0 Å². The van der Waals surface area contributed by atoms with Crippen LogP contribution in [0.4, 0.5) is 0 Å². The Kier molecular flexibility index (Phi) is 3.40. The van der Waals surface area contributed by atoms with E-state index in [1.165, 1.54) is 36.0 Å². The molecule has 0 spiro atoms. The van der Waals surface area contributed by atoms with E-state index in [1.807, 2.05) is 0 Å². The van der Waals surface area contributed by atoms with Crippen molar-refractivity contribution < 1.29 is 0 Å². The number of rotatable bonds is 2. The molecular weight excluding hydrogens is 232 g/mol. The van der Waals surface area contributed by atoms with E-state index in [1.54, 1.807) is 0 Å². The van der Waals surface area contributed by atoms with Crippen LogP contribution in [0.5, 0.6) is 0 Å². The predicted molar refractivity (Wildman–Crippen MR) is 79.8 cm³/mol. The summed E-state index contributed by atoms with van der Waals surface area (Å²) in [5.74, 6) is 0. The topological polar surface area (TPSA) is 29.3 Å². The van der Waals surface area contributed by atoms with Crippen LogP contribution in [-0.4, -0.2) is 10.9 Å². The van der Waals surface area contributed by atoms with Gasteiger partial charge in [0.05, 0.1) is 0 Å². The van der Waals surface area contributed by atoms with Gasteiger partial charge in [-0.3, -0.25) is 4.90 Å². The molecule has 1 fully saturated rings. The van der Waals surface area contributed by atoms with Crippen LogP contribution in [0, 0.1) is 0 Å². The van der Waals surface area contributed by atoms with Gasteiger partial charge in [0, 0.05) is 24.7 Å². The van der Waals surface area contributed by atoms with Crippen LogP contribution in [0.2, 0.25) is 0 Å². The summed E-state index contributed by atoms with van der Waals surface area (Å²) in [7, 11) is 0. The summed E-state index contributed by atoms with van der Waals surface area (Å²) in [6.07, 6.45) is 6.22. The summed E-state index contributed by atoms with van der Waals surface area (Å²) in [5, 5.41) is 0. The Morgan fingerprint density at radius 2 is 1.74 bits per heavy atom. The molecule has 0 aromatic heterocycles. The Bertz CT molecular complexity index is 458. The molecule has 0 radical (unpaired) electrons. The Hall–Kier alpha value is -0.860. The molecule has 0 saturated heterocycles. The van der Waals surface area contributed by atoms with Gasteiger partial charge in [0.1, 0.15) is 0 Å². The molecule has 3 rings (SSSR count). The first-order chi connectivity index (χ1) is 9.08. The third kappa shape index (κ3) is 2.44. The molecule has 1 heterocycles. The third-order valence-electron chi connectivity index (χ3n) is 5.00. The van der Waals surface area contributed by atoms with E-state index in [2.05, 4.69) is 36.9 Å². The maximum Gasteiger partial charge on any atom is 0.0409 e. The van der Waals surface area contributed by atoms with Crippen LogP contribution in [0.25, 0.3) is 0 Å². The van der Waals surface area contributed by atoms with Gasteiger partial charge in [-0.05, 0) is 43.4 Å². The van der Waals surface area contributed by atoms with Crippen molar-refractivity contribution in [1.82, 2.24) is 4.90 Å². The highest BCUT2D eigenvalue weighted by Crippen LogP contribution is 2.36. The van der Waals surface area contributed by atoms with Crippen molar-refractivity contribution in [3.63, 3.8) is 0 Å². The molecule has 1 aromatic carbocycles. The molecule has 104 valence electrons. The van der Waals surface area contributed by atoms with Gasteiger partial charge >= 0.3 is 0 Å². The van der Waals surface area contributed by atoms with Crippen molar-refractivity contribution in [2.45, 2.75) is 70.6 Å². The number of fused-ring (bicyclic) bond motifs is 1. The first-order valence-corrected chi connectivity index (χ1v) is 7.74. The van der Waals surface area contributed by atoms with Crippen molar-refractivity contribution >= 4 is 0 Å². The average Bonchev–Trinajstić information content (AvgIpc) is 2.82. The second-order valence-electron chi connectivity index (χ2n) is 6.70. The minimum absolute atomic E-state index is 0.0570. The van der Waals surface area contributed by atoms with Crippen LogP contribution in [0.15, 0.2) is 18.2 Å². The SMILES string of the molecule is CC(C)N1Cc2ccc(C3(N)CCCCC3)cc2C1. The summed E-state index contributed by atoms with van der Waals surface area (Å²) in [6.45, 7) is 6.75. The molecule has 19 heavy (non-hydrogen) atoms. The molecule has 1 aliphatic heterocycles. The van der Waals surface area contributed by atoms with E-state index < -0.39 is 0 Å². The van der Waals surface area contributed by atoms with Crippen LogP contribution >= 0.6 is 0 Å². The van der Waals surface area contributed by atoms with Gasteiger partial charge in [0.15, 0.2) is 0 Å². The fourth-order valence-electron chi connectivity index (χ4n) is 3.57. The average molecular weight is 258 g/mol. The molecule has 1 saturated carbocycles. The lowest BCUT2D eigenvalue weighted by Gasteiger charge is -2.34. The number of hydrogen-bond donors (Lipinski definition) is 1. The second-order valence-corrected chi connectivity index (χ2v) is 6.70. The normalized spacial score (nSPS) is 22.7. The summed E-state index contributed by atoms with van der Waals surface area (Å²) in [4.78, 5) is 2.53. The first-order valence-electron chi connectivity index (χ1n) is 7.74. The molecule has 2 nitrogen and oxygen atoms in total. The number of hydrogen-bond acceptors (Lipinski definition) is 2. The second kappa shape index (κ2) is 4.92. The molecular formula is C17H26N2. The lowest BCUT2D eigenvalue weighted by Crippen LogP contribution is -2.38. The molecule has 1 aromatic rings. The number of benzene rings is 1. The highest BCUT2D eigenvalue weighted by molar-refractivity contribution is 5.38. The molecule has 2 aliphatic rings. The fraction of sp³-hybridized carbons (Fsp3) is 0.647. The molecule has 0 amide bonds. The quantitative estimate of drug-likeness (QED) is 0.879. The highest BCUT2D eigenvalue weighted by Gasteiger charge is 2.31. The van der Waals surface area contributed by atoms with Crippen LogP contribution in [-0.2, 0) is 18.6 Å². The van der Waals surface area contributed by atoms with E-state index in [9.17, 15) is 0 Å². The maximum absolute atomic E-state index is 6.66. The minimum atomic E-state index is -0.0570. The van der Waals surface area contributed by atoms with Gasteiger partial charge in [0.2, 0.25) is 0 Å². The summed E-state index contributed by atoms with van der Waals surface area (Å²) in [5.41, 5.74) is 11.0.